The molecule has 1 aliphatic heterocycles. The zero-order valence-corrected chi connectivity index (χ0v) is 21.4. The summed E-state index contributed by atoms with van der Waals surface area (Å²) >= 11 is 6.37. The van der Waals surface area contributed by atoms with Crippen molar-refractivity contribution in [1.82, 2.24) is 9.97 Å². The standard InChI is InChI=1S/C31H25ClN4O/c1-20-7-6-10-23(17-20)28-19-29(21-11-14-25(37-2)15-12-21)36(35-28)31-33-27-16-13-24(32)18-26(27)30(34-31)22-8-4-3-5-9-22/h3-18,29H,19H2,1-2H3/t29-/m1/s1. The van der Waals surface area contributed by atoms with E-state index in [-0.39, 0.29) is 6.04 Å². The van der Waals surface area contributed by atoms with Gasteiger partial charge in [-0.25, -0.2) is 15.0 Å². The highest BCUT2D eigenvalue weighted by atomic mass is 35.5. The maximum Gasteiger partial charge on any atom is 0.247 e. The molecule has 2 heterocycles. The molecule has 0 radical (unpaired) electrons. The van der Waals surface area contributed by atoms with Crippen LogP contribution < -0.4 is 9.75 Å². The van der Waals surface area contributed by atoms with Gasteiger partial charge in [0.25, 0.3) is 0 Å². The molecule has 6 rings (SSSR count). The van der Waals surface area contributed by atoms with E-state index in [1.807, 2.05) is 53.5 Å². The van der Waals surface area contributed by atoms with Crippen molar-refractivity contribution in [3.8, 4) is 17.0 Å². The molecule has 0 N–H and O–H groups in total. The molecule has 0 saturated heterocycles. The molecule has 0 fully saturated rings. The third-order valence-corrected chi connectivity index (χ3v) is 6.90. The first kappa shape index (κ1) is 23.2. The van der Waals surface area contributed by atoms with E-state index < -0.39 is 0 Å². The van der Waals surface area contributed by atoms with Gasteiger partial charge in [-0.2, -0.15) is 5.10 Å². The van der Waals surface area contributed by atoms with Gasteiger partial charge in [-0.3, -0.25) is 0 Å². The fraction of sp³-hybridized carbons (Fsp3) is 0.129. The van der Waals surface area contributed by atoms with E-state index in [0.717, 1.165) is 51.2 Å². The molecule has 1 atom stereocenters. The Morgan fingerprint density at radius 3 is 2.38 bits per heavy atom. The minimum atomic E-state index is -0.0604. The summed E-state index contributed by atoms with van der Waals surface area (Å²) in [5.41, 5.74) is 7.08. The number of anilines is 1. The van der Waals surface area contributed by atoms with Gasteiger partial charge in [0.05, 0.1) is 30.1 Å². The number of aryl methyl sites for hydroxylation is 1. The highest BCUT2D eigenvalue weighted by Crippen LogP contribution is 2.38. The summed E-state index contributed by atoms with van der Waals surface area (Å²) in [6.45, 7) is 2.10. The van der Waals surface area contributed by atoms with Gasteiger partial charge in [0.1, 0.15) is 5.75 Å². The molecule has 182 valence electrons. The van der Waals surface area contributed by atoms with Crippen LogP contribution in [0.4, 0.5) is 5.95 Å². The second-order valence-electron chi connectivity index (χ2n) is 9.15. The Balaban J connectivity index is 1.53. The molecule has 4 aromatic carbocycles. The van der Waals surface area contributed by atoms with Crippen LogP contribution >= 0.6 is 11.6 Å². The molecular weight excluding hydrogens is 480 g/mol. The van der Waals surface area contributed by atoms with E-state index in [1.54, 1.807) is 7.11 Å². The van der Waals surface area contributed by atoms with Crippen LogP contribution in [-0.2, 0) is 0 Å². The zero-order chi connectivity index (χ0) is 25.4. The number of benzene rings is 4. The van der Waals surface area contributed by atoms with E-state index >= 15 is 0 Å². The van der Waals surface area contributed by atoms with Crippen LogP contribution in [-0.4, -0.2) is 22.8 Å². The highest BCUT2D eigenvalue weighted by molar-refractivity contribution is 6.31. The smallest absolute Gasteiger partial charge is 0.247 e. The summed E-state index contributed by atoms with van der Waals surface area (Å²) in [6.07, 6.45) is 0.735. The lowest BCUT2D eigenvalue weighted by molar-refractivity contribution is 0.414. The molecule has 0 spiro atoms. The molecule has 0 saturated carbocycles. The zero-order valence-electron chi connectivity index (χ0n) is 20.6. The van der Waals surface area contributed by atoms with Crippen LogP contribution in [0.3, 0.4) is 0 Å². The van der Waals surface area contributed by atoms with Crippen LogP contribution in [0.5, 0.6) is 5.75 Å². The third kappa shape index (κ3) is 4.54. The first-order chi connectivity index (χ1) is 18.1. The van der Waals surface area contributed by atoms with Crippen molar-refractivity contribution in [1.29, 1.82) is 0 Å². The SMILES string of the molecule is COc1ccc([C@H]2CC(c3cccc(C)c3)=NN2c2nc(-c3ccccc3)c3cc(Cl)ccc3n2)cc1. The molecule has 6 heteroatoms. The van der Waals surface area contributed by atoms with Crippen LogP contribution in [0.15, 0.2) is 102 Å². The van der Waals surface area contributed by atoms with Crippen LogP contribution in [0, 0.1) is 6.92 Å². The van der Waals surface area contributed by atoms with Gasteiger partial charge in [-0.05, 0) is 48.4 Å². The van der Waals surface area contributed by atoms with Crippen LogP contribution in [0.2, 0.25) is 5.02 Å². The van der Waals surface area contributed by atoms with Crippen molar-refractivity contribution in [2.45, 2.75) is 19.4 Å². The summed E-state index contributed by atoms with van der Waals surface area (Å²) in [7, 11) is 1.68. The predicted molar refractivity (Wildman–Crippen MR) is 151 cm³/mol. The molecule has 1 aromatic heterocycles. The average molecular weight is 505 g/mol. The van der Waals surface area contributed by atoms with Crippen molar-refractivity contribution in [2.24, 2.45) is 5.10 Å². The molecule has 37 heavy (non-hydrogen) atoms. The monoisotopic (exact) mass is 504 g/mol. The van der Waals surface area contributed by atoms with Gasteiger partial charge < -0.3 is 4.74 Å². The summed E-state index contributed by atoms with van der Waals surface area (Å²) in [5, 5.41) is 8.61. The summed E-state index contributed by atoms with van der Waals surface area (Å²) in [4.78, 5) is 10.0. The normalized spacial score (nSPS) is 15.2. The lowest BCUT2D eigenvalue weighted by Gasteiger charge is -2.23. The van der Waals surface area contributed by atoms with E-state index in [1.165, 1.54) is 5.56 Å². The Hall–Kier alpha value is -4.22. The van der Waals surface area contributed by atoms with Gasteiger partial charge in [-0.1, -0.05) is 83.9 Å². The number of nitrogens with zero attached hydrogens (tertiary/aromatic N) is 4. The Morgan fingerprint density at radius 2 is 1.62 bits per heavy atom. The van der Waals surface area contributed by atoms with Gasteiger partial charge in [0.15, 0.2) is 0 Å². The molecule has 1 aliphatic rings. The minimum absolute atomic E-state index is 0.0604. The van der Waals surface area contributed by atoms with E-state index in [2.05, 4.69) is 55.5 Å². The Kier molecular flexibility index (Phi) is 6.07. The second kappa shape index (κ2) is 9.68. The maximum atomic E-state index is 6.37. The topological polar surface area (TPSA) is 50.6 Å². The van der Waals surface area contributed by atoms with Crippen LogP contribution in [0.25, 0.3) is 22.2 Å². The summed E-state index contributed by atoms with van der Waals surface area (Å²) < 4.78 is 5.39. The van der Waals surface area contributed by atoms with Crippen molar-refractivity contribution in [3.05, 3.63) is 119 Å². The lowest BCUT2D eigenvalue weighted by Crippen LogP contribution is -2.21. The average Bonchev–Trinajstić information content (AvgIpc) is 3.39. The highest BCUT2D eigenvalue weighted by Gasteiger charge is 2.32. The molecule has 0 amide bonds. The molecule has 5 aromatic rings. The van der Waals surface area contributed by atoms with Gasteiger partial charge in [-0.15, -0.1) is 0 Å². The fourth-order valence-electron chi connectivity index (χ4n) is 4.79. The third-order valence-electron chi connectivity index (χ3n) is 6.66. The van der Waals surface area contributed by atoms with Gasteiger partial charge >= 0.3 is 0 Å². The largest absolute Gasteiger partial charge is 0.497 e. The molecular formula is C31H25ClN4O. The first-order valence-corrected chi connectivity index (χ1v) is 12.6. The number of methoxy groups -OCH3 is 1. The Morgan fingerprint density at radius 1 is 0.838 bits per heavy atom. The number of hydrazone groups is 1. The Bertz CT molecular complexity index is 1620. The quantitative estimate of drug-likeness (QED) is 0.247. The second-order valence-corrected chi connectivity index (χ2v) is 9.59. The van der Waals surface area contributed by atoms with E-state index in [0.29, 0.717) is 11.0 Å². The number of fused-ring (bicyclic) bond motifs is 1. The van der Waals surface area contributed by atoms with Crippen molar-refractivity contribution >= 4 is 34.2 Å². The molecule has 5 nitrogen and oxygen atoms in total. The number of aromatic nitrogens is 2. The van der Waals surface area contributed by atoms with Gasteiger partial charge in [0, 0.05) is 22.4 Å². The number of hydrogen-bond donors (Lipinski definition) is 0. The van der Waals surface area contributed by atoms with Crippen molar-refractivity contribution in [3.63, 3.8) is 0 Å². The predicted octanol–water partition coefficient (Wildman–Crippen LogP) is 7.62. The minimum Gasteiger partial charge on any atom is -0.497 e. The summed E-state index contributed by atoms with van der Waals surface area (Å²) in [6, 6.07) is 32.4. The first-order valence-electron chi connectivity index (χ1n) is 12.2. The number of rotatable bonds is 5. The number of ether oxygens (including phenoxy) is 1. The summed E-state index contributed by atoms with van der Waals surface area (Å²) in [5.74, 6) is 1.37. The van der Waals surface area contributed by atoms with Crippen molar-refractivity contribution in [2.75, 3.05) is 12.1 Å². The maximum absolute atomic E-state index is 6.37. The lowest BCUT2D eigenvalue weighted by atomic mass is 9.97. The molecule has 0 bridgehead atoms. The van der Waals surface area contributed by atoms with Gasteiger partial charge in [0.2, 0.25) is 5.95 Å². The van der Waals surface area contributed by atoms with E-state index in [9.17, 15) is 0 Å². The number of halogens is 1. The fourth-order valence-corrected chi connectivity index (χ4v) is 4.96. The van der Waals surface area contributed by atoms with E-state index in [4.69, 9.17) is 31.4 Å². The Labute approximate surface area is 221 Å². The van der Waals surface area contributed by atoms with Crippen molar-refractivity contribution < 1.29 is 4.74 Å². The number of hydrogen-bond acceptors (Lipinski definition) is 5. The molecule has 0 aliphatic carbocycles. The van der Waals surface area contributed by atoms with Crippen LogP contribution in [0.1, 0.15) is 29.2 Å². The molecule has 0 unspecified atom stereocenters.